The summed E-state index contributed by atoms with van der Waals surface area (Å²) in [6.07, 6.45) is 1.46. The second-order valence-corrected chi connectivity index (χ2v) is 7.55. The van der Waals surface area contributed by atoms with Crippen molar-refractivity contribution >= 4 is 5.91 Å². The van der Waals surface area contributed by atoms with Crippen molar-refractivity contribution in [3.8, 4) is 5.75 Å². The largest absolute Gasteiger partial charge is 0.497 e. The highest BCUT2D eigenvalue weighted by Gasteiger charge is 2.60. The van der Waals surface area contributed by atoms with Crippen LogP contribution in [0.1, 0.15) is 25.8 Å². The third-order valence-corrected chi connectivity index (χ3v) is 5.53. The van der Waals surface area contributed by atoms with Gasteiger partial charge in [-0.1, -0.05) is 26.0 Å². The summed E-state index contributed by atoms with van der Waals surface area (Å²) in [4.78, 5) is 14.5. The molecule has 3 rings (SSSR count). The average Bonchev–Trinajstić information content (AvgIpc) is 2.99. The molecule has 5 nitrogen and oxygen atoms in total. The van der Waals surface area contributed by atoms with Crippen molar-refractivity contribution in [3.63, 3.8) is 0 Å². The Morgan fingerprint density at radius 3 is 3.00 bits per heavy atom. The molecule has 1 saturated heterocycles. The Morgan fingerprint density at radius 1 is 1.46 bits per heavy atom. The minimum absolute atomic E-state index is 0.0542. The quantitative estimate of drug-likeness (QED) is 0.866. The molecule has 1 heterocycles. The topological polar surface area (TPSA) is 50.8 Å². The second-order valence-electron chi connectivity index (χ2n) is 7.55. The molecule has 1 aliphatic heterocycles. The molecule has 0 unspecified atom stereocenters. The molecule has 0 radical (unpaired) electrons. The summed E-state index contributed by atoms with van der Waals surface area (Å²) >= 11 is 0. The van der Waals surface area contributed by atoms with Gasteiger partial charge in [0.15, 0.2) is 0 Å². The molecule has 0 spiro atoms. The Hall–Kier alpha value is -1.59. The molecule has 3 atom stereocenters. The van der Waals surface area contributed by atoms with Gasteiger partial charge >= 0.3 is 0 Å². The Kier molecular flexibility index (Phi) is 4.83. The maximum atomic E-state index is 12.3. The molecule has 1 aromatic rings. The Morgan fingerprint density at radius 2 is 2.25 bits per heavy atom. The molecule has 1 N–H and O–H groups in total. The SMILES string of the molecule is COc1cccc(CNC(=O)CN(C)[C@@H]2[C@@H]3CCO[C@@H]3C2(C)C)c1. The number of nitrogens with one attached hydrogen (secondary N) is 1. The number of fused-ring (bicyclic) bond motifs is 1. The van der Waals surface area contributed by atoms with Crippen molar-refractivity contribution in [1.82, 2.24) is 10.2 Å². The zero-order valence-electron chi connectivity index (χ0n) is 15.0. The van der Waals surface area contributed by atoms with Gasteiger partial charge in [-0.05, 0) is 31.2 Å². The van der Waals surface area contributed by atoms with Gasteiger partial charge in [-0.2, -0.15) is 0 Å². The highest BCUT2D eigenvalue weighted by Crippen LogP contribution is 2.54. The van der Waals surface area contributed by atoms with E-state index in [-0.39, 0.29) is 11.3 Å². The number of carbonyl (C=O) groups is 1. The Labute approximate surface area is 144 Å². The van der Waals surface area contributed by atoms with Crippen LogP contribution in [0.5, 0.6) is 5.75 Å². The van der Waals surface area contributed by atoms with Crippen molar-refractivity contribution in [2.75, 3.05) is 27.3 Å². The smallest absolute Gasteiger partial charge is 0.234 e. The summed E-state index contributed by atoms with van der Waals surface area (Å²) in [7, 11) is 3.69. The molecular weight excluding hydrogens is 304 g/mol. The third-order valence-electron chi connectivity index (χ3n) is 5.53. The molecule has 0 aromatic heterocycles. The number of carbonyl (C=O) groups excluding carboxylic acids is 1. The zero-order chi connectivity index (χ0) is 17.3. The van der Waals surface area contributed by atoms with E-state index in [4.69, 9.17) is 9.47 Å². The molecule has 1 amide bonds. The molecule has 2 aliphatic rings. The summed E-state index contributed by atoms with van der Waals surface area (Å²) in [5.41, 5.74) is 1.15. The van der Waals surface area contributed by atoms with E-state index in [9.17, 15) is 4.79 Å². The molecule has 0 bridgehead atoms. The van der Waals surface area contributed by atoms with E-state index in [1.165, 1.54) is 0 Å². The van der Waals surface area contributed by atoms with Gasteiger partial charge in [-0.3, -0.25) is 9.69 Å². The van der Waals surface area contributed by atoms with Gasteiger partial charge in [-0.15, -0.1) is 0 Å². The van der Waals surface area contributed by atoms with Gasteiger partial charge in [0, 0.05) is 30.5 Å². The lowest BCUT2D eigenvalue weighted by Crippen LogP contribution is -2.66. The fourth-order valence-electron chi connectivity index (χ4n) is 4.56. The molecule has 1 aliphatic carbocycles. The standard InChI is InChI=1S/C19H28N2O3/c1-19(2)17(15-8-9-24-18(15)19)21(3)12-16(22)20-11-13-6-5-7-14(10-13)23-4/h5-7,10,15,17-18H,8-9,11-12H2,1-4H3,(H,20,22)/t15-,17+,18-/m0/s1. The number of amides is 1. The second kappa shape index (κ2) is 6.73. The summed E-state index contributed by atoms with van der Waals surface area (Å²) in [6.45, 7) is 6.28. The minimum atomic E-state index is 0.0542. The van der Waals surface area contributed by atoms with Gasteiger partial charge in [-0.25, -0.2) is 0 Å². The monoisotopic (exact) mass is 332 g/mol. The molecule has 2 fully saturated rings. The number of hydrogen-bond donors (Lipinski definition) is 1. The van der Waals surface area contributed by atoms with Crippen molar-refractivity contribution in [2.24, 2.45) is 11.3 Å². The first-order valence-corrected chi connectivity index (χ1v) is 8.65. The normalized spacial score (nSPS) is 27.5. The van der Waals surface area contributed by atoms with E-state index in [1.807, 2.05) is 31.3 Å². The average molecular weight is 332 g/mol. The molecule has 1 aromatic carbocycles. The molecule has 1 saturated carbocycles. The predicted molar refractivity (Wildman–Crippen MR) is 92.9 cm³/mol. The number of likely N-dealkylation sites (N-methyl/N-ethyl adjacent to an activating group) is 1. The van der Waals surface area contributed by atoms with E-state index in [1.54, 1.807) is 7.11 Å². The van der Waals surface area contributed by atoms with Crippen molar-refractivity contribution in [3.05, 3.63) is 29.8 Å². The van der Waals surface area contributed by atoms with E-state index in [0.717, 1.165) is 24.3 Å². The van der Waals surface area contributed by atoms with E-state index in [2.05, 4.69) is 24.1 Å². The maximum absolute atomic E-state index is 12.3. The molecule has 24 heavy (non-hydrogen) atoms. The first-order valence-electron chi connectivity index (χ1n) is 8.65. The van der Waals surface area contributed by atoms with Gasteiger partial charge in [0.25, 0.3) is 0 Å². The van der Waals surface area contributed by atoms with Crippen LogP contribution >= 0.6 is 0 Å². The van der Waals surface area contributed by atoms with Crippen LogP contribution in [0.3, 0.4) is 0 Å². The van der Waals surface area contributed by atoms with Crippen molar-refractivity contribution in [1.29, 1.82) is 0 Å². The van der Waals surface area contributed by atoms with Gasteiger partial charge < -0.3 is 14.8 Å². The molecule has 132 valence electrons. The lowest BCUT2D eigenvalue weighted by Gasteiger charge is -2.57. The zero-order valence-corrected chi connectivity index (χ0v) is 15.0. The summed E-state index contributed by atoms with van der Waals surface area (Å²) in [6, 6.07) is 8.18. The summed E-state index contributed by atoms with van der Waals surface area (Å²) < 4.78 is 11.1. The first kappa shape index (κ1) is 17.2. The van der Waals surface area contributed by atoms with Crippen LogP contribution < -0.4 is 10.1 Å². The van der Waals surface area contributed by atoms with E-state index >= 15 is 0 Å². The van der Waals surface area contributed by atoms with Crippen LogP contribution in [0.2, 0.25) is 0 Å². The van der Waals surface area contributed by atoms with Crippen LogP contribution in [-0.4, -0.2) is 50.3 Å². The van der Waals surface area contributed by atoms with E-state index < -0.39 is 0 Å². The summed E-state index contributed by atoms with van der Waals surface area (Å²) in [5.74, 6) is 1.43. The number of ether oxygens (including phenoxy) is 2. The maximum Gasteiger partial charge on any atom is 0.234 e. The Balaban J connectivity index is 1.51. The van der Waals surface area contributed by atoms with Crippen molar-refractivity contribution in [2.45, 2.75) is 39.0 Å². The van der Waals surface area contributed by atoms with Gasteiger partial charge in [0.05, 0.1) is 19.8 Å². The van der Waals surface area contributed by atoms with Crippen LogP contribution in [0.25, 0.3) is 0 Å². The lowest BCUT2D eigenvalue weighted by atomic mass is 9.57. The predicted octanol–water partition coefficient (Wildman–Crippen LogP) is 2.06. The van der Waals surface area contributed by atoms with Crippen LogP contribution in [0.15, 0.2) is 24.3 Å². The highest BCUT2D eigenvalue weighted by atomic mass is 16.5. The highest BCUT2D eigenvalue weighted by molar-refractivity contribution is 5.78. The Bertz CT molecular complexity index is 602. The number of hydrogen-bond acceptors (Lipinski definition) is 4. The van der Waals surface area contributed by atoms with Crippen LogP contribution in [-0.2, 0) is 16.1 Å². The minimum Gasteiger partial charge on any atom is -0.497 e. The molecule has 5 heteroatoms. The van der Waals surface area contributed by atoms with Crippen LogP contribution in [0.4, 0.5) is 0 Å². The fraction of sp³-hybridized carbons (Fsp3) is 0.632. The summed E-state index contributed by atoms with van der Waals surface area (Å²) in [5, 5.41) is 3.00. The van der Waals surface area contributed by atoms with Crippen molar-refractivity contribution < 1.29 is 14.3 Å². The van der Waals surface area contributed by atoms with Gasteiger partial charge in [0.2, 0.25) is 5.91 Å². The number of rotatable bonds is 6. The lowest BCUT2D eigenvalue weighted by molar-refractivity contribution is -0.154. The van der Waals surface area contributed by atoms with Gasteiger partial charge in [0.1, 0.15) is 5.75 Å². The fourth-order valence-corrected chi connectivity index (χ4v) is 4.56. The number of nitrogens with zero attached hydrogens (tertiary/aromatic N) is 1. The first-order chi connectivity index (χ1) is 11.4. The number of methoxy groups -OCH3 is 1. The van der Waals surface area contributed by atoms with Crippen LogP contribution in [0, 0.1) is 11.3 Å². The molecular formula is C19H28N2O3. The third kappa shape index (κ3) is 3.15. The van der Waals surface area contributed by atoms with E-state index in [0.29, 0.717) is 31.2 Å². The number of benzene rings is 1.